The van der Waals surface area contributed by atoms with Crippen molar-refractivity contribution < 1.29 is 27.8 Å². The van der Waals surface area contributed by atoms with Crippen LogP contribution in [0.2, 0.25) is 0 Å². The highest BCUT2D eigenvalue weighted by atomic mass is 19.3. The summed E-state index contributed by atoms with van der Waals surface area (Å²) >= 11 is 0. The molecule has 1 amide bonds. The van der Waals surface area contributed by atoms with Crippen molar-refractivity contribution in [3.8, 4) is 40.0 Å². The smallest absolute Gasteiger partial charge is 0.387 e. The van der Waals surface area contributed by atoms with Crippen molar-refractivity contribution >= 4 is 16.8 Å². The van der Waals surface area contributed by atoms with Gasteiger partial charge in [0.05, 0.1) is 49.3 Å². The highest BCUT2D eigenvalue weighted by molar-refractivity contribution is 6.03. The number of carbonyl (C=O) groups excluding carboxylic acids is 1. The van der Waals surface area contributed by atoms with Gasteiger partial charge in [-0.2, -0.15) is 24.2 Å². The molecule has 2 heterocycles. The maximum atomic E-state index is 13.1. The fourth-order valence-electron chi connectivity index (χ4n) is 4.05. The van der Waals surface area contributed by atoms with Gasteiger partial charge in [-0.3, -0.25) is 14.2 Å². The number of carbonyl (C=O) groups is 1. The van der Waals surface area contributed by atoms with Crippen LogP contribution in [0.5, 0.6) is 11.5 Å². The Morgan fingerprint density at radius 3 is 2.56 bits per heavy atom. The predicted octanol–water partition coefficient (Wildman–Crippen LogP) is 3.33. The molecule has 0 spiro atoms. The molecule has 0 saturated heterocycles. The van der Waals surface area contributed by atoms with Gasteiger partial charge in [0, 0.05) is 36.9 Å². The molecule has 186 valence electrons. The second kappa shape index (κ2) is 10.0. The van der Waals surface area contributed by atoms with E-state index in [4.69, 9.17) is 15.2 Å². The summed E-state index contributed by atoms with van der Waals surface area (Å²) in [4.78, 5) is 11.9. The lowest BCUT2D eigenvalue weighted by Crippen LogP contribution is -2.16. The van der Waals surface area contributed by atoms with Crippen LogP contribution in [0.25, 0.3) is 33.3 Å². The van der Waals surface area contributed by atoms with Crippen molar-refractivity contribution in [2.45, 2.75) is 13.2 Å². The van der Waals surface area contributed by atoms with E-state index in [1.165, 1.54) is 23.9 Å². The highest BCUT2D eigenvalue weighted by Gasteiger charge is 2.24. The van der Waals surface area contributed by atoms with Crippen molar-refractivity contribution in [1.29, 1.82) is 5.26 Å². The van der Waals surface area contributed by atoms with Gasteiger partial charge in [-0.1, -0.05) is 0 Å². The third-order valence-corrected chi connectivity index (χ3v) is 5.57. The van der Waals surface area contributed by atoms with Crippen LogP contribution in [0.4, 0.5) is 8.78 Å². The molecule has 2 N–H and O–H groups in total. The van der Waals surface area contributed by atoms with E-state index in [9.17, 15) is 18.8 Å². The summed E-state index contributed by atoms with van der Waals surface area (Å²) < 4.78 is 44.4. The van der Waals surface area contributed by atoms with E-state index in [1.807, 2.05) is 12.3 Å². The van der Waals surface area contributed by atoms with E-state index < -0.39 is 18.3 Å². The Kier molecular flexibility index (Phi) is 6.84. The summed E-state index contributed by atoms with van der Waals surface area (Å²) in [5.74, 6) is -1.49. The Hall–Kier alpha value is -4.50. The quantitative estimate of drug-likeness (QED) is 0.376. The molecule has 4 aromatic rings. The largest absolute Gasteiger partial charge is 0.496 e. The molecule has 36 heavy (non-hydrogen) atoms. The minimum atomic E-state index is -3.20. The minimum absolute atomic E-state index is 0.0522. The summed E-state index contributed by atoms with van der Waals surface area (Å²) in [5, 5.41) is 19.3. The van der Waals surface area contributed by atoms with Gasteiger partial charge in [-0.15, -0.1) is 0 Å². The van der Waals surface area contributed by atoms with Crippen molar-refractivity contribution in [3.63, 3.8) is 0 Å². The molecule has 12 heteroatoms. The Morgan fingerprint density at radius 1 is 1.17 bits per heavy atom. The molecule has 0 radical (unpaired) electrons. The first-order valence-electron chi connectivity index (χ1n) is 10.7. The second-order valence-corrected chi connectivity index (χ2v) is 7.78. The average Bonchev–Trinajstić information content (AvgIpc) is 3.44. The normalized spacial score (nSPS) is 11.1. The number of ether oxygens (including phenoxy) is 3. The van der Waals surface area contributed by atoms with Gasteiger partial charge in [0.1, 0.15) is 17.1 Å². The SMILES string of the molecule is COCCn1cc(-c2cc(C#N)c3c(-c4cc(OC)c(C(N)=O)c(OC(F)F)c4)n(C)nc3c2)cn1. The fraction of sp³-hybridized carbons (Fsp3) is 0.250. The number of benzene rings is 2. The zero-order valence-electron chi connectivity index (χ0n) is 19.7. The monoisotopic (exact) mass is 496 g/mol. The Balaban J connectivity index is 1.90. The van der Waals surface area contributed by atoms with E-state index in [1.54, 1.807) is 31.1 Å². The molecular weight excluding hydrogens is 474 g/mol. The van der Waals surface area contributed by atoms with Crippen LogP contribution in [0.15, 0.2) is 36.7 Å². The molecular formula is C24H22F2N6O4. The molecule has 0 saturated carbocycles. The van der Waals surface area contributed by atoms with E-state index in [0.29, 0.717) is 40.9 Å². The van der Waals surface area contributed by atoms with Crippen LogP contribution in [-0.4, -0.2) is 52.9 Å². The molecule has 0 fully saturated rings. The molecule has 4 rings (SSSR count). The van der Waals surface area contributed by atoms with Gasteiger partial charge >= 0.3 is 6.61 Å². The van der Waals surface area contributed by atoms with Gasteiger partial charge < -0.3 is 19.9 Å². The minimum Gasteiger partial charge on any atom is -0.496 e. The molecule has 0 aliphatic carbocycles. The van der Waals surface area contributed by atoms with Crippen LogP contribution in [0, 0.1) is 11.3 Å². The second-order valence-electron chi connectivity index (χ2n) is 7.78. The number of alkyl halides is 2. The maximum absolute atomic E-state index is 13.1. The zero-order chi connectivity index (χ0) is 26.0. The number of primary amides is 1. The van der Waals surface area contributed by atoms with Crippen LogP contribution >= 0.6 is 0 Å². The summed E-state index contributed by atoms with van der Waals surface area (Å²) in [6.07, 6.45) is 3.52. The summed E-state index contributed by atoms with van der Waals surface area (Å²) in [7, 11) is 4.54. The number of hydrogen-bond donors (Lipinski definition) is 1. The number of rotatable bonds is 9. The van der Waals surface area contributed by atoms with E-state index in [2.05, 4.69) is 21.0 Å². The standard InChI is InChI=1S/C24H22F2N6O4/c1-31-22(14-8-18(35-3)21(23(28)33)19(9-14)36-24(25)26)20-15(10-27)6-13(7-17(20)30-31)16-11-29-32(12-16)4-5-34-2/h6-9,11-12,24H,4-5H2,1-3H3,(H2,28,33). The molecule has 2 aromatic heterocycles. The summed E-state index contributed by atoms with van der Waals surface area (Å²) in [5.41, 5.74) is 8.18. The van der Waals surface area contributed by atoms with Crippen LogP contribution in [0.3, 0.4) is 0 Å². The number of aryl methyl sites for hydroxylation is 1. The number of halogens is 2. The van der Waals surface area contributed by atoms with Crippen LogP contribution in [-0.2, 0) is 18.3 Å². The number of hydrogen-bond acceptors (Lipinski definition) is 7. The Morgan fingerprint density at radius 2 is 1.92 bits per heavy atom. The lowest BCUT2D eigenvalue weighted by Gasteiger charge is -2.15. The molecule has 0 unspecified atom stereocenters. The number of nitrogens with two attached hydrogens (primary N) is 1. The van der Waals surface area contributed by atoms with Gasteiger partial charge in [-0.25, -0.2) is 0 Å². The first-order valence-corrected chi connectivity index (χ1v) is 10.7. The molecule has 0 bridgehead atoms. The zero-order valence-corrected chi connectivity index (χ0v) is 19.7. The fourth-order valence-corrected chi connectivity index (χ4v) is 4.05. The summed E-state index contributed by atoms with van der Waals surface area (Å²) in [6.45, 7) is -2.12. The number of methoxy groups -OCH3 is 2. The number of amides is 1. The van der Waals surface area contributed by atoms with Crippen molar-refractivity contribution in [2.75, 3.05) is 20.8 Å². The third-order valence-electron chi connectivity index (χ3n) is 5.57. The summed E-state index contributed by atoms with van der Waals surface area (Å²) in [6, 6.07) is 8.42. The Bertz CT molecular complexity index is 1490. The van der Waals surface area contributed by atoms with Crippen molar-refractivity contribution in [2.24, 2.45) is 12.8 Å². The number of fused-ring (bicyclic) bond motifs is 1. The van der Waals surface area contributed by atoms with E-state index in [0.717, 1.165) is 11.1 Å². The van der Waals surface area contributed by atoms with Gasteiger partial charge in [-0.05, 0) is 29.8 Å². The number of aromatic nitrogens is 4. The third kappa shape index (κ3) is 4.56. The lowest BCUT2D eigenvalue weighted by atomic mass is 9.98. The Labute approximate surface area is 204 Å². The van der Waals surface area contributed by atoms with Gasteiger partial charge in [0.15, 0.2) is 0 Å². The first kappa shape index (κ1) is 24.6. The molecule has 10 nitrogen and oxygen atoms in total. The number of nitriles is 1. The predicted molar refractivity (Wildman–Crippen MR) is 126 cm³/mol. The van der Waals surface area contributed by atoms with Gasteiger partial charge in [0.25, 0.3) is 5.91 Å². The van der Waals surface area contributed by atoms with Gasteiger partial charge in [0.2, 0.25) is 0 Å². The van der Waals surface area contributed by atoms with Crippen molar-refractivity contribution in [3.05, 3.63) is 47.8 Å². The van der Waals surface area contributed by atoms with Crippen LogP contribution < -0.4 is 15.2 Å². The molecule has 0 aliphatic rings. The lowest BCUT2D eigenvalue weighted by molar-refractivity contribution is -0.0502. The first-order chi connectivity index (χ1) is 17.3. The van der Waals surface area contributed by atoms with Crippen LogP contribution in [0.1, 0.15) is 15.9 Å². The highest BCUT2D eigenvalue weighted by Crippen LogP contribution is 2.40. The molecule has 2 aromatic carbocycles. The van der Waals surface area contributed by atoms with E-state index >= 15 is 0 Å². The maximum Gasteiger partial charge on any atom is 0.387 e. The topological polar surface area (TPSA) is 130 Å². The molecule has 0 atom stereocenters. The number of nitrogens with zero attached hydrogens (tertiary/aromatic N) is 5. The average molecular weight is 496 g/mol. The van der Waals surface area contributed by atoms with Crippen molar-refractivity contribution in [1.82, 2.24) is 19.6 Å². The molecule has 0 aliphatic heterocycles. The van der Waals surface area contributed by atoms with E-state index in [-0.39, 0.29) is 11.3 Å².